The number of carbonyl (C=O) groups is 2. The van der Waals surface area contributed by atoms with Gasteiger partial charge in [-0.2, -0.15) is 0 Å². The number of aromatic hydroxyl groups is 1. The Morgan fingerprint density at radius 1 is 0.894 bits per heavy atom. The van der Waals surface area contributed by atoms with E-state index in [9.17, 15) is 14.7 Å². The topological polar surface area (TPSA) is 134 Å². The van der Waals surface area contributed by atoms with Crippen LogP contribution < -0.4 is 29.6 Å². The highest BCUT2D eigenvalue weighted by atomic mass is 16.7. The number of piperazine rings is 2. The number of carbonyl (C=O) groups excluding carboxylic acids is 2. The summed E-state index contributed by atoms with van der Waals surface area (Å²) in [6, 6.07) is 6.80. The molecule has 13 nitrogen and oxygen atoms in total. The first-order chi connectivity index (χ1) is 22.9. The Bertz CT molecular complexity index is 1450. The second-order valence-corrected chi connectivity index (χ2v) is 13.0. The molecular weight excluding hydrogens is 606 g/mol. The van der Waals surface area contributed by atoms with Gasteiger partial charge in [0, 0.05) is 64.2 Å². The van der Waals surface area contributed by atoms with Gasteiger partial charge >= 0.3 is 5.97 Å². The number of phenols is 1. The molecule has 13 heteroatoms. The number of rotatable bonds is 10. The normalized spacial score (nSPS) is 26.0. The number of phenolic OH excluding ortho intramolecular Hbond substituents is 1. The quantitative estimate of drug-likeness (QED) is 0.318. The SMILES string of the molecule is COc1cc([C@@H]2c3cc4c(cc3[C@@H](NC(=O)CN3CCN(CCCN5CCNCC5)CC3)[C@H]3COC(=O)[C@H]23)OCO4)cc(OC)c1O. The molecule has 0 aromatic heterocycles. The molecular formula is C34H45N5O8. The van der Waals surface area contributed by atoms with Gasteiger partial charge in [0.05, 0.1) is 39.3 Å². The Labute approximate surface area is 275 Å². The van der Waals surface area contributed by atoms with Crippen molar-refractivity contribution in [3.63, 3.8) is 0 Å². The van der Waals surface area contributed by atoms with E-state index >= 15 is 0 Å². The monoisotopic (exact) mass is 651 g/mol. The summed E-state index contributed by atoms with van der Waals surface area (Å²) >= 11 is 0. The molecule has 4 aliphatic heterocycles. The fraction of sp³-hybridized carbons (Fsp3) is 0.588. The van der Waals surface area contributed by atoms with Crippen LogP contribution >= 0.6 is 0 Å². The smallest absolute Gasteiger partial charge is 0.310 e. The molecule has 4 heterocycles. The molecule has 47 heavy (non-hydrogen) atoms. The van der Waals surface area contributed by atoms with Gasteiger partial charge in [0.2, 0.25) is 18.4 Å². The number of hydrogen-bond acceptors (Lipinski definition) is 12. The molecule has 0 unspecified atom stereocenters. The number of hydrogen-bond donors (Lipinski definition) is 3. The number of fused-ring (bicyclic) bond motifs is 3. The summed E-state index contributed by atoms with van der Waals surface area (Å²) < 4.78 is 28.1. The van der Waals surface area contributed by atoms with E-state index in [2.05, 4.69) is 25.3 Å². The van der Waals surface area contributed by atoms with Crippen LogP contribution in [0.1, 0.15) is 35.1 Å². The zero-order valence-corrected chi connectivity index (χ0v) is 27.2. The average molecular weight is 652 g/mol. The van der Waals surface area contributed by atoms with E-state index in [1.165, 1.54) is 14.2 Å². The van der Waals surface area contributed by atoms with Crippen molar-refractivity contribution in [2.24, 2.45) is 11.8 Å². The molecule has 4 atom stereocenters. The number of esters is 1. The molecule has 254 valence electrons. The van der Waals surface area contributed by atoms with Crippen LogP contribution in [0.2, 0.25) is 0 Å². The summed E-state index contributed by atoms with van der Waals surface area (Å²) in [7, 11) is 2.94. The minimum Gasteiger partial charge on any atom is -0.502 e. The molecule has 7 rings (SSSR count). The van der Waals surface area contributed by atoms with Gasteiger partial charge in [-0.15, -0.1) is 0 Å². The Hall–Kier alpha value is -3.78. The van der Waals surface area contributed by atoms with Crippen LogP contribution in [0.5, 0.6) is 28.7 Å². The van der Waals surface area contributed by atoms with E-state index in [0.717, 1.165) is 88.6 Å². The van der Waals surface area contributed by atoms with E-state index in [1.54, 1.807) is 12.1 Å². The largest absolute Gasteiger partial charge is 0.502 e. The highest BCUT2D eigenvalue weighted by Crippen LogP contribution is 2.55. The molecule has 1 amide bonds. The lowest BCUT2D eigenvalue weighted by atomic mass is 9.65. The second-order valence-electron chi connectivity index (χ2n) is 13.0. The number of benzene rings is 2. The zero-order valence-electron chi connectivity index (χ0n) is 27.2. The van der Waals surface area contributed by atoms with Gasteiger partial charge in [-0.1, -0.05) is 0 Å². The summed E-state index contributed by atoms with van der Waals surface area (Å²) in [4.78, 5) is 34.3. The van der Waals surface area contributed by atoms with Crippen LogP contribution in [0, 0.1) is 11.8 Å². The standard InChI is InChI=1S/C34H45N5O8/c1-43-27-14-21(15-28(44-2)33(27)41)30-22-16-25-26(47-20-46-25)17-23(22)32(24-19-45-34(42)31(24)30)36-29(40)18-39-12-10-38(11-13-39)7-3-6-37-8-4-35-5-9-37/h14-17,24,30-32,35,41H,3-13,18-20H2,1-2H3,(H,36,40)/t24-,30+,31-,32+/m0/s1. The van der Waals surface area contributed by atoms with Gasteiger partial charge in [-0.3, -0.25) is 14.5 Å². The minimum absolute atomic E-state index is 0.0877. The number of methoxy groups -OCH3 is 2. The molecule has 1 aliphatic carbocycles. The van der Waals surface area contributed by atoms with Gasteiger partial charge in [0.15, 0.2) is 23.0 Å². The van der Waals surface area contributed by atoms with Crippen LogP contribution in [0.15, 0.2) is 24.3 Å². The van der Waals surface area contributed by atoms with E-state index < -0.39 is 17.9 Å². The highest BCUT2D eigenvalue weighted by molar-refractivity contribution is 5.82. The zero-order chi connectivity index (χ0) is 32.5. The van der Waals surface area contributed by atoms with E-state index in [4.69, 9.17) is 23.7 Å². The van der Waals surface area contributed by atoms with Crippen LogP contribution in [-0.2, 0) is 14.3 Å². The summed E-state index contributed by atoms with van der Waals surface area (Å²) in [6.07, 6.45) is 1.16. The summed E-state index contributed by atoms with van der Waals surface area (Å²) in [5.74, 6) is -0.259. The minimum atomic E-state index is -0.586. The molecule has 2 aromatic carbocycles. The van der Waals surface area contributed by atoms with E-state index in [0.29, 0.717) is 11.5 Å². The van der Waals surface area contributed by atoms with E-state index in [-0.39, 0.29) is 55.0 Å². The van der Waals surface area contributed by atoms with Crippen molar-refractivity contribution in [3.05, 3.63) is 41.0 Å². The lowest BCUT2D eigenvalue weighted by Gasteiger charge is -2.40. The van der Waals surface area contributed by atoms with Gasteiger partial charge in [0.25, 0.3) is 0 Å². The Morgan fingerprint density at radius 2 is 1.51 bits per heavy atom. The maximum Gasteiger partial charge on any atom is 0.310 e. The number of nitrogens with zero attached hydrogens (tertiary/aromatic N) is 3. The van der Waals surface area contributed by atoms with Gasteiger partial charge in [-0.05, 0) is 60.5 Å². The van der Waals surface area contributed by atoms with Crippen molar-refractivity contribution in [1.82, 2.24) is 25.3 Å². The molecule has 3 fully saturated rings. The van der Waals surface area contributed by atoms with Crippen molar-refractivity contribution in [1.29, 1.82) is 0 Å². The van der Waals surface area contributed by atoms with Crippen molar-refractivity contribution < 1.29 is 38.4 Å². The molecule has 3 saturated heterocycles. The second kappa shape index (κ2) is 13.8. The third-order valence-electron chi connectivity index (χ3n) is 10.4. The fourth-order valence-electron chi connectivity index (χ4n) is 7.89. The van der Waals surface area contributed by atoms with Gasteiger partial charge in [0.1, 0.15) is 0 Å². The van der Waals surface area contributed by atoms with Crippen LogP contribution in [-0.4, -0.2) is 131 Å². The maximum absolute atomic E-state index is 13.7. The molecule has 0 saturated carbocycles. The highest BCUT2D eigenvalue weighted by Gasteiger charge is 2.53. The van der Waals surface area contributed by atoms with Gasteiger partial charge < -0.3 is 49.2 Å². The number of amides is 1. The molecule has 0 radical (unpaired) electrons. The summed E-state index contributed by atoms with van der Waals surface area (Å²) in [5.41, 5.74) is 2.40. The number of nitrogens with one attached hydrogen (secondary N) is 2. The lowest BCUT2D eigenvalue weighted by Crippen LogP contribution is -2.51. The van der Waals surface area contributed by atoms with Crippen molar-refractivity contribution in [3.8, 4) is 28.7 Å². The third-order valence-corrected chi connectivity index (χ3v) is 10.4. The molecule has 3 N–H and O–H groups in total. The first kappa shape index (κ1) is 31.8. The van der Waals surface area contributed by atoms with Crippen molar-refractivity contribution >= 4 is 11.9 Å². The Balaban J connectivity index is 1.08. The van der Waals surface area contributed by atoms with E-state index in [1.807, 2.05) is 12.1 Å². The Morgan fingerprint density at radius 3 is 2.17 bits per heavy atom. The molecule has 0 spiro atoms. The molecule has 5 aliphatic rings. The van der Waals surface area contributed by atoms with Crippen LogP contribution in [0.4, 0.5) is 0 Å². The summed E-state index contributed by atoms with van der Waals surface area (Å²) in [5, 5.41) is 17.3. The average Bonchev–Trinajstić information content (AvgIpc) is 3.71. The Kier molecular flexibility index (Phi) is 9.31. The first-order valence-corrected chi connectivity index (χ1v) is 16.7. The maximum atomic E-state index is 13.7. The predicted octanol–water partition coefficient (Wildman–Crippen LogP) is 1.14. The summed E-state index contributed by atoms with van der Waals surface area (Å²) in [6.45, 7) is 10.7. The first-order valence-electron chi connectivity index (χ1n) is 16.7. The fourth-order valence-corrected chi connectivity index (χ4v) is 7.89. The molecule has 0 bridgehead atoms. The predicted molar refractivity (Wildman–Crippen MR) is 171 cm³/mol. The van der Waals surface area contributed by atoms with Gasteiger partial charge in [-0.25, -0.2) is 0 Å². The number of ether oxygens (including phenoxy) is 5. The van der Waals surface area contributed by atoms with Crippen molar-refractivity contribution in [2.75, 3.05) is 99.6 Å². The number of cyclic esters (lactones) is 1. The van der Waals surface area contributed by atoms with Crippen LogP contribution in [0.25, 0.3) is 0 Å². The third kappa shape index (κ3) is 6.41. The van der Waals surface area contributed by atoms with Crippen LogP contribution in [0.3, 0.4) is 0 Å². The molecule has 2 aromatic rings. The van der Waals surface area contributed by atoms with Crippen molar-refractivity contribution in [2.45, 2.75) is 18.4 Å². The lowest BCUT2D eigenvalue weighted by molar-refractivity contribution is -0.141.